The third kappa shape index (κ3) is 3.21. The summed E-state index contributed by atoms with van der Waals surface area (Å²) in [6.07, 6.45) is 3.55. The van der Waals surface area contributed by atoms with Crippen molar-refractivity contribution in [1.82, 2.24) is 9.38 Å². The van der Waals surface area contributed by atoms with E-state index in [1.54, 1.807) is 17.6 Å². The van der Waals surface area contributed by atoms with Crippen LogP contribution in [0.2, 0.25) is 0 Å². The Morgan fingerprint density at radius 1 is 1.33 bits per heavy atom. The average Bonchev–Trinajstić information content (AvgIpc) is 3.17. The highest BCUT2D eigenvalue weighted by atomic mass is 127. The van der Waals surface area contributed by atoms with Crippen LogP contribution in [0.3, 0.4) is 0 Å². The van der Waals surface area contributed by atoms with Gasteiger partial charge in [-0.2, -0.15) is 0 Å². The fraction of sp³-hybridized carbons (Fsp3) is 0.100. The van der Waals surface area contributed by atoms with E-state index in [0.29, 0.717) is 27.6 Å². The first-order chi connectivity index (χ1) is 13.1. The van der Waals surface area contributed by atoms with Crippen LogP contribution in [0.15, 0.2) is 53.8 Å². The third-order valence-electron chi connectivity index (χ3n) is 4.04. The highest BCUT2D eigenvalue weighted by Gasteiger charge is 2.13. The van der Waals surface area contributed by atoms with Crippen LogP contribution in [0.4, 0.5) is 0 Å². The van der Waals surface area contributed by atoms with E-state index in [-0.39, 0.29) is 5.56 Å². The van der Waals surface area contributed by atoms with Crippen LogP contribution in [0.25, 0.3) is 22.1 Å². The number of ether oxygens (including phenoxy) is 2. The van der Waals surface area contributed by atoms with Crippen LogP contribution in [-0.2, 0) is 0 Å². The smallest absolute Gasteiger partial charge is 0.274 e. The van der Waals surface area contributed by atoms with Gasteiger partial charge in [0.05, 0.1) is 26.2 Å². The molecule has 136 valence electrons. The summed E-state index contributed by atoms with van der Waals surface area (Å²) in [6.45, 7) is 4.06. The lowest BCUT2D eigenvalue weighted by molar-refractivity contribution is 0.324. The number of nitrogens with zero attached hydrogens (tertiary/aromatic N) is 2. The Labute approximate surface area is 172 Å². The molecule has 7 heteroatoms. The molecule has 2 heterocycles. The van der Waals surface area contributed by atoms with Crippen LogP contribution < -0.4 is 19.6 Å². The van der Waals surface area contributed by atoms with Gasteiger partial charge in [-0.3, -0.25) is 4.79 Å². The second-order valence-corrected chi connectivity index (χ2v) is 7.94. The number of rotatable bonds is 5. The average molecular weight is 490 g/mol. The molecule has 27 heavy (non-hydrogen) atoms. The highest BCUT2D eigenvalue weighted by Crippen LogP contribution is 2.34. The minimum absolute atomic E-state index is 0.0651. The van der Waals surface area contributed by atoms with E-state index in [1.807, 2.05) is 42.5 Å². The monoisotopic (exact) mass is 490 g/mol. The van der Waals surface area contributed by atoms with Crippen molar-refractivity contribution in [3.63, 3.8) is 0 Å². The lowest BCUT2D eigenvalue weighted by Crippen LogP contribution is -2.22. The second-order valence-electron chi connectivity index (χ2n) is 5.77. The van der Waals surface area contributed by atoms with Crippen LogP contribution >= 0.6 is 33.9 Å². The van der Waals surface area contributed by atoms with Crippen molar-refractivity contribution < 1.29 is 9.47 Å². The fourth-order valence-electron chi connectivity index (χ4n) is 2.87. The molecule has 0 N–H and O–H groups in total. The maximum Gasteiger partial charge on any atom is 0.274 e. The highest BCUT2D eigenvalue weighted by molar-refractivity contribution is 14.1. The lowest BCUT2D eigenvalue weighted by atomic mass is 10.2. The molecule has 0 aliphatic rings. The molecule has 2 aromatic heterocycles. The quantitative estimate of drug-likeness (QED) is 0.317. The zero-order valence-corrected chi connectivity index (χ0v) is 17.4. The maximum atomic E-state index is 12.9. The molecule has 4 rings (SSSR count). The van der Waals surface area contributed by atoms with Crippen molar-refractivity contribution in [3.8, 4) is 11.5 Å². The topological polar surface area (TPSA) is 52.8 Å². The van der Waals surface area contributed by atoms with Crippen molar-refractivity contribution in [2.75, 3.05) is 13.7 Å². The number of imidazole rings is 1. The van der Waals surface area contributed by atoms with E-state index in [0.717, 1.165) is 20.2 Å². The van der Waals surface area contributed by atoms with Crippen molar-refractivity contribution in [2.45, 2.75) is 0 Å². The normalized spacial score (nSPS) is 12.0. The molecule has 0 aliphatic heterocycles. The molecule has 0 unspecified atom stereocenters. The molecule has 0 aliphatic carbocycles. The first kappa shape index (κ1) is 18.0. The van der Waals surface area contributed by atoms with Gasteiger partial charge >= 0.3 is 0 Å². The molecule has 0 saturated carbocycles. The van der Waals surface area contributed by atoms with Crippen LogP contribution in [0, 0.1) is 3.57 Å². The minimum atomic E-state index is -0.0651. The molecule has 0 saturated heterocycles. The zero-order chi connectivity index (χ0) is 19.0. The predicted molar refractivity (Wildman–Crippen MR) is 117 cm³/mol. The summed E-state index contributed by atoms with van der Waals surface area (Å²) in [5.74, 6) is 1.29. The van der Waals surface area contributed by atoms with Crippen LogP contribution in [0.5, 0.6) is 11.5 Å². The number of aromatic nitrogens is 2. The largest absolute Gasteiger partial charge is 0.493 e. The third-order valence-corrected chi connectivity index (χ3v) is 5.81. The van der Waals surface area contributed by atoms with E-state index >= 15 is 0 Å². The van der Waals surface area contributed by atoms with E-state index in [4.69, 9.17) is 9.47 Å². The Morgan fingerprint density at radius 3 is 2.93 bits per heavy atom. The van der Waals surface area contributed by atoms with Gasteiger partial charge in [-0.05, 0) is 58.5 Å². The number of thiazole rings is 1. The van der Waals surface area contributed by atoms with Crippen LogP contribution in [-0.4, -0.2) is 23.1 Å². The van der Waals surface area contributed by atoms with Gasteiger partial charge in [-0.1, -0.05) is 36.1 Å². The Kier molecular flexibility index (Phi) is 4.88. The van der Waals surface area contributed by atoms with Gasteiger partial charge in [-0.25, -0.2) is 9.38 Å². The molecule has 0 radical (unpaired) electrons. The summed E-state index contributed by atoms with van der Waals surface area (Å²) in [7, 11) is 1.60. The predicted octanol–water partition coefficient (Wildman–Crippen LogP) is 3.63. The summed E-state index contributed by atoms with van der Waals surface area (Å²) in [4.78, 5) is 18.1. The van der Waals surface area contributed by atoms with Crippen molar-refractivity contribution in [1.29, 1.82) is 0 Å². The van der Waals surface area contributed by atoms with Crippen molar-refractivity contribution in [2.24, 2.45) is 0 Å². The van der Waals surface area contributed by atoms with Gasteiger partial charge in [0.15, 0.2) is 16.5 Å². The van der Waals surface area contributed by atoms with Gasteiger partial charge in [-0.15, -0.1) is 0 Å². The summed E-state index contributed by atoms with van der Waals surface area (Å²) in [6, 6.07) is 11.5. The van der Waals surface area contributed by atoms with Crippen LogP contribution in [0.1, 0.15) is 5.56 Å². The summed E-state index contributed by atoms with van der Waals surface area (Å²) in [5, 5.41) is 0. The van der Waals surface area contributed by atoms with Gasteiger partial charge in [0, 0.05) is 0 Å². The van der Waals surface area contributed by atoms with Gasteiger partial charge in [0.1, 0.15) is 6.61 Å². The summed E-state index contributed by atoms with van der Waals surface area (Å²) in [5.41, 5.74) is 2.46. The fourth-order valence-corrected chi connectivity index (χ4v) is 4.64. The number of halogens is 1. The number of methoxy groups -OCH3 is 1. The number of hydrogen-bond donors (Lipinski definition) is 0. The molecule has 0 amide bonds. The van der Waals surface area contributed by atoms with E-state index in [9.17, 15) is 4.79 Å². The maximum absolute atomic E-state index is 12.9. The molecular formula is C20H15IN2O3S. The minimum Gasteiger partial charge on any atom is -0.493 e. The number of para-hydroxylation sites is 2. The van der Waals surface area contributed by atoms with Gasteiger partial charge < -0.3 is 9.47 Å². The molecule has 2 aromatic carbocycles. The number of fused-ring (bicyclic) bond motifs is 3. The molecule has 5 nitrogen and oxygen atoms in total. The standard InChI is InChI=1S/C20H15IN2O3S/c1-3-8-26-18-13(21)9-12(10-16(18)25-2)11-17-19(24)23-15-7-5-4-6-14(15)22-20(23)27-17/h3-7,9-11H,1,8H2,2H3/b17-11+. The zero-order valence-electron chi connectivity index (χ0n) is 14.4. The molecular weight excluding hydrogens is 475 g/mol. The molecule has 4 aromatic rings. The molecule has 0 bridgehead atoms. The summed E-state index contributed by atoms with van der Waals surface area (Å²) < 4.78 is 14.3. The molecule has 0 spiro atoms. The molecule has 0 atom stereocenters. The first-order valence-electron chi connectivity index (χ1n) is 8.15. The Bertz CT molecular complexity index is 1280. The second kappa shape index (κ2) is 7.32. The Balaban J connectivity index is 1.86. The van der Waals surface area contributed by atoms with Crippen molar-refractivity contribution >= 4 is 56.0 Å². The van der Waals surface area contributed by atoms with E-state index in [1.165, 1.54) is 11.3 Å². The van der Waals surface area contributed by atoms with Crippen molar-refractivity contribution in [3.05, 3.63) is 73.1 Å². The van der Waals surface area contributed by atoms with Gasteiger partial charge in [0.2, 0.25) is 0 Å². The van der Waals surface area contributed by atoms with E-state index < -0.39 is 0 Å². The SMILES string of the molecule is C=CCOc1c(I)cc(/C=c2/sc3nc4ccccc4n3c2=O)cc1OC. The lowest BCUT2D eigenvalue weighted by Gasteiger charge is -2.12. The first-order valence-corrected chi connectivity index (χ1v) is 10.0. The number of benzene rings is 2. The summed E-state index contributed by atoms with van der Waals surface area (Å²) >= 11 is 3.58. The van der Waals surface area contributed by atoms with Gasteiger partial charge in [0.25, 0.3) is 5.56 Å². The number of hydrogen-bond acceptors (Lipinski definition) is 5. The van der Waals surface area contributed by atoms with E-state index in [2.05, 4.69) is 34.2 Å². The Morgan fingerprint density at radius 2 is 2.15 bits per heavy atom. The molecule has 0 fully saturated rings. The Hall–Kier alpha value is -2.39.